The molecule has 0 spiro atoms. The molecule has 0 bridgehead atoms. The zero-order chi connectivity index (χ0) is 20.5. The van der Waals surface area contributed by atoms with Gasteiger partial charge in [-0.25, -0.2) is 0 Å². The van der Waals surface area contributed by atoms with Gasteiger partial charge in [-0.1, -0.05) is 61.9 Å². The van der Waals surface area contributed by atoms with Crippen molar-refractivity contribution in [2.75, 3.05) is 19.8 Å². The quantitative estimate of drug-likeness (QED) is 0.404. The lowest BCUT2D eigenvalue weighted by molar-refractivity contribution is -0.129. The molecular formula is C23H32O4. The van der Waals surface area contributed by atoms with Gasteiger partial charge in [0.1, 0.15) is 19.0 Å². The molecule has 4 heteroatoms. The number of aliphatic hydroxyl groups is 1. The number of carbonyl (C=O) groups is 1. The van der Waals surface area contributed by atoms with Crippen molar-refractivity contribution in [2.45, 2.75) is 34.1 Å². The number of hydrogen-bond donors (Lipinski definition) is 1. The molecule has 0 aliphatic rings. The van der Waals surface area contributed by atoms with E-state index in [-0.39, 0.29) is 13.2 Å². The first-order valence-corrected chi connectivity index (χ1v) is 9.22. The predicted molar refractivity (Wildman–Crippen MR) is 112 cm³/mol. The molecule has 1 N–H and O–H groups in total. The highest BCUT2D eigenvalue weighted by Gasteiger charge is 2.08. The van der Waals surface area contributed by atoms with Crippen LogP contribution in [0.25, 0.3) is 11.1 Å². The summed E-state index contributed by atoms with van der Waals surface area (Å²) in [5, 5.41) is 9.07. The lowest BCUT2D eigenvalue weighted by atomic mass is 10.0. The van der Waals surface area contributed by atoms with Crippen LogP contribution >= 0.6 is 0 Å². The third-order valence-electron chi connectivity index (χ3n) is 3.34. The van der Waals surface area contributed by atoms with Gasteiger partial charge in [0.15, 0.2) is 0 Å². The number of carbonyl (C=O) groups excluding carboxylic acids is 1. The fourth-order valence-electron chi connectivity index (χ4n) is 2.19. The second-order valence-corrected chi connectivity index (χ2v) is 5.39. The molecule has 0 unspecified atom stereocenters. The molecule has 0 saturated carbocycles. The molecule has 0 amide bonds. The lowest BCUT2D eigenvalue weighted by Crippen LogP contribution is -2.07. The first kappa shape index (κ1) is 24.4. The van der Waals surface area contributed by atoms with Crippen molar-refractivity contribution in [1.82, 2.24) is 0 Å². The van der Waals surface area contributed by atoms with E-state index in [1.165, 1.54) is 5.56 Å². The largest absolute Gasteiger partial charge is 0.489 e. The number of allylic oxidation sites excluding steroid dienone is 1. The van der Waals surface area contributed by atoms with Gasteiger partial charge in [0, 0.05) is 12.2 Å². The summed E-state index contributed by atoms with van der Waals surface area (Å²) in [6.07, 6.45) is 2.33. The zero-order valence-corrected chi connectivity index (χ0v) is 16.9. The first-order valence-electron chi connectivity index (χ1n) is 9.22. The fourth-order valence-corrected chi connectivity index (χ4v) is 2.19. The Morgan fingerprint density at radius 3 is 2.26 bits per heavy atom. The maximum absolute atomic E-state index is 10.2. The van der Waals surface area contributed by atoms with Gasteiger partial charge >= 0.3 is 0 Å². The van der Waals surface area contributed by atoms with Crippen LogP contribution in [0.3, 0.4) is 0 Å². The van der Waals surface area contributed by atoms with Gasteiger partial charge in [-0.3, -0.25) is 4.79 Å². The molecule has 0 aliphatic carbocycles. The Balaban J connectivity index is 0.00000123. The van der Waals surface area contributed by atoms with Gasteiger partial charge in [-0.2, -0.15) is 0 Å². The van der Waals surface area contributed by atoms with Gasteiger partial charge in [0.2, 0.25) is 0 Å². The highest BCUT2D eigenvalue weighted by Crippen LogP contribution is 2.31. The molecule has 27 heavy (non-hydrogen) atoms. The molecule has 148 valence electrons. The molecule has 0 saturated heterocycles. The fraction of sp³-hybridized carbons (Fsp3) is 0.348. The molecule has 0 radical (unpaired) electrons. The molecule has 2 rings (SSSR count). The average molecular weight is 373 g/mol. The average Bonchev–Trinajstić information content (AvgIpc) is 2.69. The molecule has 0 aromatic heterocycles. The summed E-state index contributed by atoms with van der Waals surface area (Å²) in [5.41, 5.74) is 4.24. The molecule has 2 aromatic carbocycles. The normalized spacial score (nSPS) is 9.07. The molecule has 2 aromatic rings. The van der Waals surface area contributed by atoms with Gasteiger partial charge in [-0.05, 0) is 37.5 Å². The van der Waals surface area contributed by atoms with Crippen molar-refractivity contribution in [3.8, 4) is 16.9 Å². The molecule has 0 fully saturated rings. The highest BCUT2D eigenvalue weighted by molar-refractivity contribution is 5.71. The highest BCUT2D eigenvalue weighted by atomic mass is 16.5. The van der Waals surface area contributed by atoms with E-state index in [4.69, 9.17) is 9.84 Å². The minimum absolute atomic E-state index is 0.0948. The Morgan fingerprint density at radius 2 is 1.70 bits per heavy atom. The third kappa shape index (κ3) is 9.61. The first-order chi connectivity index (χ1) is 13.2. The monoisotopic (exact) mass is 372 g/mol. The number of benzene rings is 2. The van der Waals surface area contributed by atoms with Crippen LogP contribution in [0, 0.1) is 6.92 Å². The maximum Gasteiger partial charge on any atom is 0.293 e. The Kier molecular flexibility index (Phi) is 14.1. The van der Waals surface area contributed by atoms with Crippen LogP contribution in [0.15, 0.2) is 55.1 Å². The van der Waals surface area contributed by atoms with E-state index in [0.717, 1.165) is 22.4 Å². The van der Waals surface area contributed by atoms with Crippen LogP contribution in [-0.4, -0.2) is 31.4 Å². The minimum Gasteiger partial charge on any atom is -0.489 e. The smallest absolute Gasteiger partial charge is 0.293 e. The summed E-state index contributed by atoms with van der Waals surface area (Å²) < 4.78 is 10.4. The predicted octanol–water partition coefficient (Wildman–Crippen LogP) is 4.97. The Labute approximate surface area is 163 Å². The second-order valence-electron chi connectivity index (χ2n) is 5.39. The van der Waals surface area contributed by atoms with Crippen molar-refractivity contribution in [1.29, 1.82) is 0 Å². The number of aryl methyl sites for hydroxylation is 1. The molecule has 4 nitrogen and oxygen atoms in total. The summed E-state index contributed by atoms with van der Waals surface area (Å²) in [5.74, 6) is 0.726. The van der Waals surface area contributed by atoms with Gasteiger partial charge in [-0.15, -0.1) is 6.58 Å². The summed E-state index contributed by atoms with van der Waals surface area (Å²) in [6, 6.07) is 14.1. The van der Waals surface area contributed by atoms with Crippen molar-refractivity contribution in [3.63, 3.8) is 0 Å². The summed E-state index contributed by atoms with van der Waals surface area (Å²) in [4.78, 5) is 10.2. The third-order valence-corrected chi connectivity index (χ3v) is 3.34. The van der Waals surface area contributed by atoms with Crippen LogP contribution in [0.1, 0.15) is 31.9 Å². The number of ether oxygens (including phenoxy) is 2. The lowest BCUT2D eigenvalue weighted by Gasteiger charge is -2.13. The number of hydrogen-bond acceptors (Lipinski definition) is 4. The van der Waals surface area contributed by atoms with Gasteiger partial charge in [0.25, 0.3) is 6.47 Å². The van der Waals surface area contributed by atoms with Gasteiger partial charge < -0.3 is 14.6 Å². The molecular weight excluding hydrogens is 340 g/mol. The van der Waals surface area contributed by atoms with Crippen molar-refractivity contribution >= 4 is 6.47 Å². The van der Waals surface area contributed by atoms with Crippen LogP contribution in [0.4, 0.5) is 0 Å². The van der Waals surface area contributed by atoms with Crippen molar-refractivity contribution in [3.05, 3.63) is 66.2 Å². The second kappa shape index (κ2) is 15.6. The topological polar surface area (TPSA) is 55.8 Å². The standard InChI is InChI=1S/C18H20O4.C3H6.C2H6/c1-14-2-5-16(6-3-14)17-7-4-15(8-9-19)12-18(17)22-11-10-21-13-20;1-3-2;1-2/h2-7,12-13,19H,8-11H2,1H3;3H,1H2,2H3;1-2H3. The number of rotatable bonds is 8. The zero-order valence-electron chi connectivity index (χ0n) is 16.9. The Bertz CT molecular complexity index is 648. The van der Waals surface area contributed by atoms with Crippen molar-refractivity contribution in [2.24, 2.45) is 0 Å². The van der Waals surface area contributed by atoms with E-state index >= 15 is 0 Å². The van der Waals surface area contributed by atoms with Gasteiger partial charge in [0.05, 0.1) is 0 Å². The van der Waals surface area contributed by atoms with Crippen LogP contribution in [0.2, 0.25) is 0 Å². The molecule has 0 heterocycles. The molecule has 0 atom stereocenters. The number of aliphatic hydroxyl groups excluding tert-OH is 1. The van der Waals surface area contributed by atoms with E-state index < -0.39 is 0 Å². The maximum atomic E-state index is 10.2. The van der Waals surface area contributed by atoms with E-state index in [1.54, 1.807) is 6.08 Å². The van der Waals surface area contributed by atoms with Crippen molar-refractivity contribution < 1.29 is 19.4 Å². The summed E-state index contributed by atoms with van der Waals surface area (Å²) in [6.45, 7) is 12.3. The van der Waals surface area contributed by atoms with Crippen LogP contribution < -0.4 is 4.74 Å². The van der Waals surface area contributed by atoms with E-state index in [2.05, 4.69) is 23.4 Å². The minimum atomic E-state index is 0.0948. The van der Waals surface area contributed by atoms with E-state index in [0.29, 0.717) is 19.5 Å². The Morgan fingerprint density at radius 1 is 1.07 bits per heavy atom. The summed E-state index contributed by atoms with van der Waals surface area (Å²) >= 11 is 0. The van der Waals surface area contributed by atoms with E-state index in [1.807, 2.05) is 58.0 Å². The SMILES string of the molecule is C=CC.CC.Cc1ccc(-c2ccc(CCO)cc2OCCOC=O)cc1. The molecule has 0 aliphatic heterocycles. The summed E-state index contributed by atoms with van der Waals surface area (Å²) in [7, 11) is 0. The Hall–Kier alpha value is -2.59. The van der Waals surface area contributed by atoms with Crippen LogP contribution in [0.5, 0.6) is 5.75 Å². The van der Waals surface area contributed by atoms with Crippen LogP contribution in [-0.2, 0) is 16.0 Å². The van der Waals surface area contributed by atoms with E-state index in [9.17, 15) is 4.79 Å².